The second kappa shape index (κ2) is 12.2. The van der Waals surface area contributed by atoms with Crippen molar-refractivity contribution in [1.82, 2.24) is 9.99 Å². The molecule has 0 amide bonds. The molecule has 0 saturated carbocycles. The van der Waals surface area contributed by atoms with Crippen molar-refractivity contribution in [3.63, 3.8) is 0 Å². The van der Waals surface area contributed by atoms with Crippen LogP contribution in [0, 0.1) is 0 Å². The van der Waals surface area contributed by atoms with E-state index in [0.717, 1.165) is 0 Å². The molecule has 1 saturated heterocycles. The maximum absolute atomic E-state index is 3.96. The Bertz CT molecular complexity index is 2710. The summed E-state index contributed by atoms with van der Waals surface area (Å²) in [6, 6.07) is 75.6. The Labute approximate surface area is 315 Å². The summed E-state index contributed by atoms with van der Waals surface area (Å²) in [7, 11) is 0. The Morgan fingerprint density at radius 2 is 0.963 bits per heavy atom. The van der Waals surface area contributed by atoms with E-state index in [-0.39, 0.29) is 12.3 Å². The van der Waals surface area contributed by atoms with Gasteiger partial charge in [0, 0.05) is 10.8 Å². The third-order valence-electron chi connectivity index (χ3n) is 11.7. The van der Waals surface area contributed by atoms with Crippen LogP contribution >= 0.6 is 0 Å². The Morgan fingerprint density at radius 1 is 0.426 bits per heavy atom. The molecule has 256 valence electrons. The fraction of sp³-hybridized carbons (Fsp3) is 0.0588. The lowest BCUT2D eigenvalue weighted by atomic mass is 9.67. The van der Waals surface area contributed by atoms with E-state index in [0.29, 0.717) is 0 Å². The minimum absolute atomic E-state index is 0.0242. The number of benzene rings is 8. The SMILES string of the molecule is c1ccc(-c2ccc3c4c5c(ccc4n(N4C(c6ccccc6)NC4c4ccccc4)c3c2)C(c2ccccc2)(c2ccccc2)c2ccccc2-5)cc1. The summed E-state index contributed by atoms with van der Waals surface area (Å²) in [4.78, 5) is 0. The first-order chi connectivity index (χ1) is 26.8. The molecule has 0 radical (unpaired) electrons. The zero-order valence-corrected chi connectivity index (χ0v) is 29.7. The molecule has 0 bridgehead atoms. The third kappa shape index (κ3) is 4.39. The molecule has 2 aliphatic rings. The average molecular weight is 692 g/mol. The Kier molecular flexibility index (Phi) is 6.98. The summed E-state index contributed by atoms with van der Waals surface area (Å²) in [5, 5.41) is 9.05. The molecule has 1 aliphatic heterocycles. The number of fused-ring (bicyclic) bond motifs is 7. The molecule has 8 aromatic carbocycles. The molecule has 3 nitrogen and oxygen atoms in total. The van der Waals surface area contributed by atoms with Crippen molar-refractivity contribution in [1.29, 1.82) is 0 Å². The van der Waals surface area contributed by atoms with Crippen LogP contribution in [0.4, 0.5) is 0 Å². The highest BCUT2D eigenvalue weighted by atomic mass is 15.7. The molecule has 54 heavy (non-hydrogen) atoms. The van der Waals surface area contributed by atoms with Gasteiger partial charge in [-0.25, -0.2) is 0 Å². The second-order valence-electron chi connectivity index (χ2n) is 14.5. The minimum Gasteiger partial charge on any atom is -0.269 e. The van der Waals surface area contributed by atoms with Crippen molar-refractivity contribution in [2.45, 2.75) is 17.7 Å². The van der Waals surface area contributed by atoms with E-state index in [1.165, 1.54) is 77.4 Å². The molecule has 2 heterocycles. The molecule has 1 fully saturated rings. The van der Waals surface area contributed by atoms with Crippen LogP contribution in [0.1, 0.15) is 45.7 Å². The minimum atomic E-state index is -0.474. The lowest BCUT2D eigenvalue weighted by Crippen LogP contribution is -2.62. The number of nitrogens with one attached hydrogen (secondary N) is 1. The molecule has 9 aromatic rings. The standard InChI is InChI=1S/C51H37N3/c1-6-18-35(19-7-1)38-30-31-42-46(34-38)53(54-49(36-20-8-2-9-21-36)52-50(54)37-22-10-3-11-23-37)45-33-32-44-47(48(42)45)41-28-16-17-29-43(41)51(44,39-24-12-4-13-25-39)40-26-14-5-15-27-40/h1-34,49-50,52H. The molecule has 1 N–H and O–H groups in total. The normalized spacial score (nSPS) is 16.9. The van der Waals surface area contributed by atoms with Crippen LogP contribution in [0.15, 0.2) is 206 Å². The van der Waals surface area contributed by atoms with E-state index >= 15 is 0 Å². The average Bonchev–Trinajstić information content (AvgIpc) is 3.72. The zero-order valence-electron chi connectivity index (χ0n) is 29.7. The van der Waals surface area contributed by atoms with E-state index in [1.807, 2.05) is 0 Å². The van der Waals surface area contributed by atoms with Gasteiger partial charge in [-0.1, -0.05) is 194 Å². The first-order valence-electron chi connectivity index (χ1n) is 18.8. The van der Waals surface area contributed by atoms with Crippen LogP contribution in [0.25, 0.3) is 44.1 Å². The highest BCUT2D eigenvalue weighted by molar-refractivity contribution is 6.18. The molecule has 2 atom stereocenters. The number of hydrogen-bond acceptors (Lipinski definition) is 2. The van der Waals surface area contributed by atoms with Gasteiger partial charge in [-0.05, 0) is 67.8 Å². The summed E-state index contributed by atoms with van der Waals surface area (Å²) >= 11 is 0. The van der Waals surface area contributed by atoms with E-state index in [2.05, 4.69) is 221 Å². The van der Waals surface area contributed by atoms with Crippen LogP contribution in [0.2, 0.25) is 0 Å². The van der Waals surface area contributed by atoms with Gasteiger partial charge in [0.15, 0.2) is 0 Å². The third-order valence-corrected chi connectivity index (χ3v) is 11.7. The van der Waals surface area contributed by atoms with E-state index in [1.54, 1.807) is 0 Å². The molecular weight excluding hydrogens is 655 g/mol. The summed E-state index contributed by atoms with van der Waals surface area (Å²) < 4.78 is 2.52. The van der Waals surface area contributed by atoms with Gasteiger partial charge in [0.1, 0.15) is 12.3 Å². The second-order valence-corrected chi connectivity index (χ2v) is 14.5. The van der Waals surface area contributed by atoms with Gasteiger partial charge in [-0.2, -0.15) is 0 Å². The highest BCUT2D eigenvalue weighted by Gasteiger charge is 2.48. The van der Waals surface area contributed by atoms with Crippen LogP contribution in [-0.2, 0) is 5.41 Å². The van der Waals surface area contributed by atoms with Gasteiger partial charge >= 0.3 is 0 Å². The fourth-order valence-electron chi connectivity index (χ4n) is 9.45. The van der Waals surface area contributed by atoms with E-state index in [4.69, 9.17) is 0 Å². The molecule has 11 rings (SSSR count). The molecule has 3 heteroatoms. The van der Waals surface area contributed by atoms with Gasteiger partial charge in [-0.3, -0.25) is 15.0 Å². The largest absolute Gasteiger partial charge is 0.269 e. The summed E-state index contributed by atoms with van der Waals surface area (Å²) in [5.74, 6) is 0. The molecule has 2 unspecified atom stereocenters. The Morgan fingerprint density at radius 3 is 1.57 bits per heavy atom. The summed E-state index contributed by atoms with van der Waals surface area (Å²) in [5.41, 5.74) is 14.6. The molecule has 1 aromatic heterocycles. The number of rotatable bonds is 6. The predicted octanol–water partition coefficient (Wildman–Crippen LogP) is 11.8. The molecule has 1 aliphatic carbocycles. The van der Waals surface area contributed by atoms with Gasteiger partial charge in [-0.15, -0.1) is 0 Å². The smallest absolute Gasteiger partial charge is 0.125 e. The summed E-state index contributed by atoms with van der Waals surface area (Å²) in [6.07, 6.45) is -0.0484. The number of aromatic nitrogens is 1. The summed E-state index contributed by atoms with van der Waals surface area (Å²) in [6.45, 7) is 0. The van der Waals surface area contributed by atoms with Gasteiger partial charge < -0.3 is 0 Å². The van der Waals surface area contributed by atoms with Crippen LogP contribution in [0.3, 0.4) is 0 Å². The lowest BCUT2D eigenvalue weighted by Gasteiger charge is -2.52. The van der Waals surface area contributed by atoms with Crippen LogP contribution in [-0.4, -0.2) is 4.68 Å². The Hall–Kier alpha value is -6.68. The monoisotopic (exact) mass is 691 g/mol. The highest BCUT2D eigenvalue weighted by Crippen LogP contribution is 2.59. The van der Waals surface area contributed by atoms with Crippen molar-refractivity contribution in [3.8, 4) is 22.3 Å². The number of nitrogens with zero attached hydrogens (tertiary/aromatic N) is 2. The molecule has 0 spiro atoms. The van der Waals surface area contributed by atoms with Crippen molar-refractivity contribution in [2.24, 2.45) is 0 Å². The van der Waals surface area contributed by atoms with Gasteiger partial charge in [0.05, 0.1) is 16.4 Å². The van der Waals surface area contributed by atoms with Crippen molar-refractivity contribution >= 4 is 21.8 Å². The molecular formula is C51H37N3. The van der Waals surface area contributed by atoms with Gasteiger partial charge in [0.25, 0.3) is 0 Å². The van der Waals surface area contributed by atoms with Crippen molar-refractivity contribution in [2.75, 3.05) is 5.01 Å². The van der Waals surface area contributed by atoms with E-state index in [9.17, 15) is 0 Å². The first-order valence-corrected chi connectivity index (χ1v) is 18.8. The maximum atomic E-state index is 3.96. The van der Waals surface area contributed by atoms with Gasteiger partial charge in [0.2, 0.25) is 0 Å². The quantitative estimate of drug-likeness (QED) is 0.187. The van der Waals surface area contributed by atoms with Crippen molar-refractivity contribution in [3.05, 3.63) is 240 Å². The lowest BCUT2D eigenvalue weighted by molar-refractivity contribution is 0.211. The predicted molar refractivity (Wildman–Crippen MR) is 222 cm³/mol. The topological polar surface area (TPSA) is 20.2 Å². The number of hydrogen-bond donors (Lipinski definition) is 1. The van der Waals surface area contributed by atoms with Crippen molar-refractivity contribution < 1.29 is 0 Å². The fourth-order valence-corrected chi connectivity index (χ4v) is 9.45. The van der Waals surface area contributed by atoms with E-state index < -0.39 is 5.41 Å². The Balaban J connectivity index is 1.27. The van der Waals surface area contributed by atoms with Crippen LogP contribution in [0.5, 0.6) is 0 Å². The maximum Gasteiger partial charge on any atom is 0.125 e. The zero-order chi connectivity index (χ0) is 35.6. The first kappa shape index (κ1) is 30.9. The van der Waals surface area contributed by atoms with Crippen LogP contribution < -0.4 is 10.3 Å².